The maximum absolute atomic E-state index is 12.3. The lowest BCUT2D eigenvalue weighted by molar-refractivity contribution is -0.135. The minimum absolute atomic E-state index is 0.0515. The van der Waals surface area contributed by atoms with Crippen molar-refractivity contribution in [1.82, 2.24) is 9.80 Å². The van der Waals surface area contributed by atoms with E-state index < -0.39 is 6.04 Å². The second-order valence-electron chi connectivity index (χ2n) is 6.12. The van der Waals surface area contributed by atoms with Crippen LogP contribution in [-0.2, 0) is 9.59 Å². The predicted octanol–water partition coefficient (Wildman–Crippen LogP) is 1.08. The first-order valence-electron chi connectivity index (χ1n) is 7.66. The van der Waals surface area contributed by atoms with Gasteiger partial charge >= 0.3 is 0 Å². The van der Waals surface area contributed by atoms with Crippen molar-refractivity contribution in [2.45, 2.75) is 46.6 Å². The highest BCUT2D eigenvalue weighted by Gasteiger charge is 2.29. The average Bonchev–Trinajstić information content (AvgIpc) is 2.42. The molecule has 5 heteroatoms. The van der Waals surface area contributed by atoms with Crippen molar-refractivity contribution in [2.24, 2.45) is 17.6 Å². The molecule has 1 aliphatic rings. The average molecular weight is 283 g/mol. The van der Waals surface area contributed by atoms with E-state index in [1.165, 1.54) is 0 Å². The van der Waals surface area contributed by atoms with E-state index in [0.717, 1.165) is 39.0 Å². The zero-order valence-electron chi connectivity index (χ0n) is 13.3. The van der Waals surface area contributed by atoms with Crippen molar-refractivity contribution in [2.75, 3.05) is 26.2 Å². The predicted molar refractivity (Wildman–Crippen MR) is 80.0 cm³/mol. The van der Waals surface area contributed by atoms with Crippen LogP contribution in [0.4, 0.5) is 0 Å². The van der Waals surface area contributed by atoms with Gasteiger partial charge in [0.05, 0.1) is 6.04 Å². The summed E-state index contributed by atoms with van der Waals surface area (Å²) in [5.74, 6) is 0.688. The number of nitrogens with two attached hydrogens (primary N) is 1. The van der Waals surface area contributed by atoms with Crippen LogP contribution in [0.2, 0.25) is 0 Å². The molecule has 0 aromatic carbocycles. The molecule has 1 fully saturated rings. The molecule has 1 heterocycles. The van der Waals surface area contributed by atoms with Crippen LogP contribution in [0.25, 0.3) is 0 Å². The fraction of sp³-hybridized carbons (Fsp3) is 0.867. The van der Waals surface area contributed by atoms with E-state index >= 15 is 0 Å². The second-order valence-corrected chi connectivity index (χ2v) is 6.12. The Balaban J connectivity index is 2.58. The monoisotopic (exact) mass is 283 g/mol. The Labute approximate surface area is 122 Å². The third-order valence-corrected chi connectivity index (χ3v) is 4.14. The summed E-state index contributed by atoms with van der Waals surface area (Å²) in [6, 6.07) is -0.413. The summed E-state index contributed by atoms with van der Waals surface area (Å²) in [6.45, 7) is 10.5. The van der Waals surface area contributed by atoms with Gasteiger partial charge in [-0.05, 0) is 31.6 Å². The van der Waals surface area contributed by atoms with Crippen molar-refractivity contribution in [3.8, 4) is 0 Å². The minimum Gasteiger partial charge on any atom is -0.343 e. The molecule has 1 saturated heterocycles. The van der Waals surface area contributed by atoms with Crippen LogP contribution in [0.15, 0.2) is 0 Å². The summed E-state index contributed by atoms with van der Waals surface area (Å²) < 4.78 is 0. The number of hydrogen-bond acceptors (Lipinski definition) is 3. The fourth-order valence-electron chi connectivity index (χ4n) is 2.70. The van der Waals surface area contributed by atoms with Gasteiger partial charge in [0.25, 0.3) is 0 Å². The molecule has 0 bridgehead atoms. The number of nitrogens with zero attached hydrogens (tertiary/aromatic N) is 2. The summed E-state index contributed by atoms with van der Waals surface area (Å²) >= 11 is 0. The Morgan fingerprint density at radius 3 is 2.55 bits per heavy atom. The van der Waals surface area contributed by atoms with Gasteiger partial charge in [-0.1, -0.05) is 13.8 Å². The third-order valence-electron chi connectivity index (χ3n) is 4.14. The van der Waals surface area contributed by atoms with Crippen LogP contribution in [0.1, 0.15) is 40.5 Å². The van der Waals surface area contributed by atoms with Gasteiger partial charge in [-0.3, -0.25) is 9.59 Å². The molecular formula is C15H29N3O2. The van der Waals surface area contributed by atoms with Crippen LogP contribution in [0, 0.1) is 11.8 Å². The van der Waals surface area contributed by atoms with Crippen molar-refractivity contribution in [3.05, 3.63) is 0 Å². The normalized spacial score (nSPS) is 20.9. The van der Waals surface area contributed by atoms with Crippen molar-refractivity contribution in [3.63, 3.8) is 0 Å². The van der Waals surface area contributed by atoms with Crippen molar-refractivity contribution < 1.29 is 9.59 Å². The molecule has 1 aliphatic heterocycles. The summed E-state index contributed by atoms with van der Waals surface area (Å²) in [6.07, 6.45) is 2.07. The molecule has 20 heavy (non-hydrogen) atoms. The zero-order chi connectivity index (χ0) is 15.3. The molecule has 0 saturated carbocycles. The number of amides is 2. The van der Waals surface area contributed by atoms with Crippen molar-refractivity contribution in [1.29, 1.82) is 0 Å². The number of carbonyl (C=O) groups excluding carboxylic acids is 2. The summed E-state index contributed by atoms with van der Waals surface area (Å²) in [5, 5.41) is 0. The van der Waals surface area contributed by atoms with Gasteiger partial charge in [0.1, 0.15) is 0 Å². The van der Waals surface area contributed by atoms with Gasteiger partial charge in [0.15, 0.2) is 0 Å². The summed E-state index contributed by atoms with van der Waals surface area (Å²) in [5.41, 5.74) is 5.96. The van der Waals surface area contributed by atoms with Crippen LogP contribution < -0.4 is 5.73 Å². The summed E-state index contributed by atoms with van der Waals surface area (Å²) in [4.78, 5) is 27.5. The Kier molecular flexibility index (Phi) is 6.46. The molecule has 0 spiro atoms. The molecule has 1 rings (SSSR count). The first kappa shape index (κ1) is 17.0. The highest BCUT2D eigenvalue weighted by atomic mass is 16.2. The molecular weight excluding hydrogens is 254 g/mol. The highest BCUT2D eigenvalue weighted by molar-refractivity contribution is 5.82. The third kappa shape index (κ3) is 4.47. The number of hydrogen-bond donors (Lipinski definition) is 1. The SMILES string of the molecule is CCN(CC1CCCN(C(=O)C(N)C(C)C)C1)C(C)=O. The topological polar surface area (TPSA) is 66.6 Å². The van der Waals surface area contributed by atoms with Crippen LogP contribution >= 0.6 is 0 Å². The molecule has 0 radical (unpaired) electrons. The van der Waals surface area contributed by atoms with E-state index in [-0.39, 0.29) is 17.7 Å². The Hall–Kier alpha value is -1.10. The zero-order valence-corrected chi connectivity index (χ0v) is 13.3. The van der Waals surface area contributed by atoms with Crippen LogP contribution in [-0.4, -0.2) is 53.8 Å². The summed E-state index contributed by atoms with van der Waals surface area (Å²) in [7, 11) is 0. The maximum Gasteiger partial charge on any atom is 0.239 e. The largest absolute Gasteiger partial charge is 0.343 e. The lowest BCUT2D eigenvalue weighted by atomic mass is 9.95. The van der Waals surface area contributed by atoms with E-state index in [2.05, 4.69) is 0 Å². The van der Waals surface area contributed by atoms with E-state index in [1.54, 1.807) is 6.92 Å². The molecule has 5 nitrogen and oxygen atoms in total. The number of rotatable bonds is 5. The van der Waals surface area contributed by atoms with Crippen molar-refractivity contribution >= 4 is 11.8 Å². The fourth-order valence-corrected chi connectivity index (χ4v) is 2.70. The Morgan fingerprint density at radius 1 is 1.40 bits per heavy atom. The van der Waals surface area contributed by atoms with E-state index in [1.807, 2.05) is 30.6 Å². The van der Waals surface area contributed by atoms with Gasteiger partial charge in [-0.25, -0.2) is 0 Å². The molecule has 0 aromatic rings. The lowest BCUT2D eigenvalue weighted by Crippen LogP contribution is -2.51. The second kappa shape index (κ2) is 7.62. The van der Waals surface area contributed by atoms with E-state index in [4.69, 9.17) is 5.73 Å². The first-order chi connectivity index (χ1) is 9.36. The van der Waals surface area contributed by atoms with Gasteiger partial charge in [0, 0.05) is 33.1 Å². The molecule has 116 valence electrons. The highest BCUT2D eigenvalue weighted by Crippen LogP contribution is 2.19. The molecule has 2 unspecified atom stereocenters. The lowest BCUT2D eigenvalue weighted by Gasteiger charge is -2.36. The Morgan fingerprint density at radius 2 is 2.05 bits per heavy atom. The molecule has 2 atom stereocenters. The van der Waals surface area contributed by atoms with Crippen LogP contribution in [0.5, 0.6) is 0 Å². The smallest absolute Gasteiger partial charge is 0.239 e. The number of piperidine rings is 1. The van der Waals surface area contributed by atoms with E-state index in [9.17, 15) is 9.59 Å². The van der Waals surface area contributed by atoms with E-state index in [0.29, 0.717) is 5.92 Å². The van der Waals surface area contributed by atoms with Gasteiger partial charge < -0.3 is 15.5 Å². The number of likely N-dealkylation sites (tertiary alicyclic amines) is 1. The first-order valence-corrected chi connectivity index (χ1v) is 7.66. The number of carbonyl (C=O) groups is 2. The van der Waals surface area contributed by atoms with Crippen LogP contribution in [0.3, 0.4) is 0 Å². The molecule has 2 N–H and O–H groups in total. The van der Waals surface area contributed by atoms with Gasteiger partial charge in [0.2, 0.25) is 11.8 Å². The maximum atomic E-state index is 12.3. The molecule has 0 aromatic heterocycles. The standard InChI is InChI=1S/C15H29N3O2/c1-5-17(12(4)19)9-13-7-6-8-18(10-13)15(20)14(16)11(2)3/h11,13-14H,5-10,16H2,1-4H3. The van der Waals surface area contributed by atoms with Gasteiger partial charge in [-0.15, -0.1) is 0 Å². The molecule has 0 aliphatic carbocycles. The Bertz CT molecular complexity index is 344. The minimum atomic E-state index is -0.413. The van der Waals surface area contributed by atoms with Gasteiger partial charge in [-0.2, -0.15) is 0 Å². The molecule has 2 amide bonds. The quantitative estimate of drug-likeness (QED) is 0.821.